The van der Waals surface area contributed by atoms with Gasteiger partial charge >= 0.3 is 0 Å². The van der Waals surface area contributed by atoms with E-state index in [1.807, 2.05) is 0 Å². The van der Waals surface area contributed by atoms with E-state index in [1.165, 1.54) is 69.2 Å². The Labute approximate surface area is 152 Å². The van der Waals surface area contributed by atoms with Crippen LogP contribution in [0.5, 0.6) is 0 Å². The molecule has 136 valence electrons. The van der Waals surface area contributed by atoms with E-state index in [9.17, 15) is 4.79 Å². The Bertz CT molecular complexity index is 576. The Morgan fingerprint density at radius 1 is 1.00 bits per heavy atom. The van der Waals surface area contributed by atoms with E-state index in [4.69, 9.17) is 0 Å². The Morgan fingerprint density at radius 3 is 2.44 bits per heavy atom. The molecule has 1 heterocycles. The number of amides is 1. The van der Waals surface area contributed by atoms with Crippen LogP contribution in [0.1, 0.15) is 62.5 Å². The topological polar surface area (TPSA) is 33.5 Å². The normalized spacial score (nSPS) is 29.0. The van der Waals surface area contributed by atoms with Crippen molar-refractivity contribution in [3.05, 3.63) is 35.4 Å². The summed E-state index contributed by atoms with van der Waals surface area (Å²) < 4.78 is 0. The maximum Gasteiger partial charge on any atom is 0.220 e. The Hall–Kier alpha value is -1.35. The Balaban J connectivity index is 1.20. The third-order valence-electron chi connectivity index (χ3n) is 6.86. The van der Waals surface area contributed by atoms with Gasteiger partial charge in [-0.05, 0) is 61.8 Å². The molecule has 1 amide bonds. The number of fused-ring (bicyclic) bond motifs is 2. The lowest BCUT2D eigenvalue weighted by Crippen LogP contribution is -3.11. The van der Waals surface area contributed by atoms with Crippen LogP contribution < -0.4 is 10.2 Å². The van der Waals surface area contributed by atoms with Crippen molar-refractivity contribution in [2.75, 3.05) is 13.1 Å². The zero-order valence-corrected chi connectivity index (χ0v) is 15.4. The molecule has 1 saturated heterocycles. The van der Waals surface area contributed by atoms with Gasteiger partial charge in [-0.1, -0.05) is 30.7 Å². The highest BCUT2D eigenvalue weighted by Gasteiger charge is 2.39. The van der Waals surface area contributed by atoms with Crippen molar-refractivity contribution in [1.82, 2.24) is 5.32 Å². The van der Waals surface area contributed by atoms with Crippen molar-refractivity contribution in [3.63, 3.8) is 0 Å². The predicted octanol–water partition coefficient (Wildman–Crippen LogP) is 2.70. The lowest BCUT2D eigenvalue weighted by molar-refractivity contribution is -0.918. The molecule has 2 bridgehead atoms. The molecule has 1 aromatic rings. The molecule has 3 aliphatic rings. The van der Waals surface area contributed by atoms with Gasteiger partial charge < -0.3 is 10.2 Å². The van der Waals surface area contributed by atoms with Crippen LogP contribution in [0.15, 0.2) is 24.3 Å². The molecule has 25 heavy (non-hydrogen) atoms. The lowest BCUT2D eigenvalue weighted by Gasteiger charge is -2.23. The van der Waals surface area contributed by atoms with Gasteiger partial charge in [0.2, 0.25) is 5.91 Å². The summed E-state index contributed by atoms with van der Waals surface area (Å²) in [5.41, 5.74) is 2.65. The van der Waals surface area contributed by atoms with Crippen LogP contribution in [0.2, 0.25) is 0 Å². The van der Waals surface area contributed by atoms with Gasteiger partial charge in [-0.25, -0.2) is 0 Å². The number of piperidine rings is 1. The summed E-state index contributed by atoms with van der Waals surface area (Å²) in [6.45, 7) is 4.47. The number of carbonyl (C=O) groups excluding carboxylic acids is 1. The van der Waals surface area contributed by atoms with E-state index in [-0.39, 0.29) is 5.91 Å². The second kappa shape index (κ2) is 7.90. The fraction of sp³-hybridized carbons (Fsp3) is 0.682. The molecule has 3 nitrogen and oxygen atoms in total. The first kappa shape index (κ1) is 17.1. The van der Waals surface area contributed by atoms with Gasteiger partial charge in [-0.3, -0.25) is 4.79 Å². The lowest BCUT2D eigenvalue weighted by atomic mass is 9.86. The third kappa shape index (κ3) is 4.44. The van der Waals surface area contributed by atoms with Crippen LogP contribution in [0.3, 0.4) is 0 Å². The molecular formula is C22H33N2O+. The number of nitrogens with one attached hydrogen (secondary N) is 2. The molecule has 0 aromatic heterocycles. The van der Waals surface area contributed by atoms with Crippen LogP contribution >= 0.6 is 0 Å². The molecule has 2 N–H and O–H groups in total. The van der Waals surface area contributed by atoms with Gasteiger partial charge in [-0.15, -0.1) is 0 Å². The molecule has 0 spiro atoms. The van der Waals surface area contributed by atoms with E-state index in [0.29, 0.717) is 12.5 Å². The van der Waals surface area contributed by atoms with Crippen molar-refractivity contribution in [2.24, 2.45) is 17.8 Å². The second-order valence-corrected chi connectivity index (χ2v) is 8.72. The summed E-state index contributed by atoms with van der Waals surface area (Å²) in [5, 5.41) is 3.14. The van der Waals surface area contributed by atoms with Crippen LogP contribution in [0.25, 0.3) is 0 Å². The molecule has 0 radical (unpaired) electrons. The van der Waals surface area contributed by atoms with E-state index in [2.05, 4.69) is 29.6 Å². The smallest absolute Gasteiger partial charge is 0.220 e. The number of carbonyl (C=O) groups is 1. The van der Waals surface area contributed by atoms with E-state index in [1.54, 1.807) is 4.90 Å². The summed E-state index contributed by atoms with van der Waals surface area (Å²) in [7, 11) is 0. The number of rotatable bonds is 6. The van der Waals surface area contributed by atoms with Gasteiger partial charge in [0.25, 0.3) is 0 Å². The number of benzene rings is 1. The average molecular weight is 342 g/mol. The minimum atomic E-state index is 0.249. The molecule has 3 fully saturated rings. The van der Waals surface area contributed by atoms with E-state index < -0.39 is 0 Å². The maximum absolute atomic E-state index is 12.3. The van der Waals surface area contributed by atoms with Crippen LogP contribution in [-0.2, 0) is 17.9 Å². The summed E-state index contributed by atoms with van der Waals surface area (Å²) in [5.74, 6) is 2.68. The van der Waals surface area contributed by atoms with Crippen LogP contribution in [0.4, 0.5) is 0 Å². The SMILES string of the molecule is O=C(C[C@@H]1C[C@H]2CC[C@@H]1C2)NCc1ccc(C[NH+]2CCCCC2)cc1. The highest BCUT2D eigenvalue weighted by Crippen LogP contribution is 2.49. The van der Waals surface area contributed by atoms with Crippen LogP contribution in [0, 0.1) is 17.8 Å². The Kier molecular flexibility index (Phi) is 5.40. The van der Waals surface area contributed by atoms with Gasteiger partial charge in [0, 0.05) is 18.5 Å². The maximum atomic E-state index is 12.3. The molecular weight excluding hydrogens is 308 g/mol. The molecule has 0 unspecified atom stereocenters. The molecule has 2 saturated carbocycles. The minimum Gasteiger partial charge on any atom is -0.352 e. The molecule has 3 heteroatoms. The van der Waals surface area contributed by atoms with Gasteiger partial charge in [-0.2, -0.15) is 0 Å². The van der Waals surface area contributed by atoms with Crippen molar-refractivity contribution >= 4 is 5.91 Å². The standard InChI is InChI=1S/C22H32N2O/c25-22(14-21-13-19-8-9-20(21)12-19)23-15-17-4-6-18(7-5-17)16-24-10-2-1-3-11-24/h4-7,19-21H,1-3,8-16H2,(H,23,25)/p+1/t19-,20+,21-/m0/s1. The summed E-state index contributed by atoms with van der Waals surface area (Å²) >= 11 is 0. The van der Waals surface area contributed by atoms with E-state index >= 15 is 0 Å². The number of hydrogen-bond acceptors (Lipinski definition) is 1. The first-order chi connectivity index (χ1) is 12.3. The van der Waals surface area contributed by atoms with Crippen molar-refractivity contribution in [3.8, 4) is 0 Å². The number of likely N-dealkylation sites (tertiary alicyclic amines) is 1. The molecule has 1 aromatic carbocycles. The highest BCUT2D eigenvalue weighted by molar-refractivity contribution is 5.76. The summed E-state index contributed by atoms with van der Waals surface area (Å²) in [4.78, 5) is 14.0. The zero-order valence-electron chi connectivity index (χ0n) is 15.4. The van der Waals surface area contributed by atoms with Gasteiger partial charge in [0.15, 0.2) is 0 Å². The average Bonchev–Trinajstić information content (AvgIpc) is 3.25. The van der Waals surface area contributed by atoms with Crippen molar-refractivity contribution < 1.29 is 9.69 Å². The zero-order chi connectivity index (χ0) is 17.1. The van der Waals surface area contributed by atoms with Crippen molar-refractivity contribution in [2.45, 2.75) is 64.5 Å². The van der Waals surface area contributed by atoms with E-state index in [0.717, 1.165) is 24.8 Å². The first-order valence-corrected chi connectivity index (χ1v) is 10.4. The minimum absolute atomic E-state index is 0.249. The fourth-order valence-electron chi connectivity index (χ4n) is 5.43. The number of hydrogen-bond donors (Lipinski definition) is 2. The molecule has 4 rings (SSSR count). The molecule has 3 atom stereocenters. The second-order valence-electron chi connectivity index (χ2n) is 8.72. The highest BCUT2D eigenvalue weighted by atomic mass is 16.1. The largest absolute Gasteiger partial charge is 0.352 e. The third-order valence-corrected chi connectivity index (χ3v) is 6.86. The van der Waals surface area contributed by atoms with Gasteiger partial charge in [0.1, 0.15) is 6.54 Å². The summed E-state index contributed by atoms with van der Waals surface area (Å²) in [6.07, 6.45) is 10.4. The monoisotopic (exact) mass is 341 g/mol. The van der Waals surface area contributed by atoms with Crippen LogP contribution in [-0.4, -0.2) is 19.0 Å². The first-order valence-electron chi connectivity index (χ1n) is 10.4. The van der Waals surface area contributed by atoms with Gasteiger partial charge in [0.05, 0.1) is 13.1 Å². The predicted molar refractivity (Wildman–Crippen MR) is 100 cm³/mol. The number of quaternary nitrogens is 1. The summed E-state index contributed by atoms with van der Waals surface area (Å²) in [6, 6.07) is 8.88. The quantitative estimate of drug-likeness (QED) is 0.819. The van der Waals surface area contributed by atoms with Crippen molar-refractivity contribution in [1.29, 1.82) is 0 Å². The Morgan fingerprint density at radius 2 is 1.76 bits per heavy atom. The molecule has 1 aliphatic heterocycles. The molecule has 2 aliphatic carbocycles. The fourth-order valence-corrected chi connectivity index (χ4v) is 5.43.